The van der Waals surface area contributed by atoms with Crippen molar-refractivity contribution in [3.8, 4) is 11.1 Å². The van der Waals surface area contributed by atoms with E-state index < -0.39 is 5.91 Å². The summed E-state index contributed by atoms with van der Waals surface area (Å²) in [5.41, 5.74) is 3.24. The number of H-pyrrole nitrogens is 1. The number of carbonyl (C=O) groups is 1. The van der Waals surface area contributed by atoms with Crippen LogP contribution in [-0.4, -0.2) is 48.8 Å². The number of aryl methyl sites for hydroxylation is 1. The minimum Gasteiger partial charge on any atom is -0.381 e. The van der Waals surface area contributed by atoms with E-state index in [2.05, 4.69) is 30.4 Å². The van der Waals surface area contributed by atoms with Gasteiger partial charge in [-0.25, -0.2) is 19.3 Å². The number of halogens is 1. The van der Waals surface area contributed by atoms with Crippen LogP contribution in [0.1, 0.15) is 34.2 Å². The molecule has 1 aliphatic rings. The number of amides is 1. The summed E-state index contributed by atoms with van der Waals surface area (Å²) in [7, 11) is 1.80. The Kier molecular flexibility index (Phi) is 4.91. The SMILES string of the molecule is Cn1cc(-c2cc(F)cc(CNC(=O)c3ncnc4nc(C5CCOC5)[nH]c34)c2)cn1. The number of fused-ring (bicyclic) bond motifs is 1. The number of nitrogens with zero attached hydrogens (tertiary/aromatic N) is 5. The molecule has 9 nitrogen and oxygen atoms in total. The van der Waals surface area contributed by atoms with Gasteiger partial charge in [-0.15, -0.1) is 0 Å². The first-order valence-electron chi connectivity index (χ1n) is 9.92. The molecule has 1 fully saturated rings. The van der Waals surface area contributed by atoms with Gasteiger partial charge in [0.05, 0.1) is 12.8 Å². The van der Waals surface area contributed by atoms with Crippen LogP contribution in [0.25, 0.3) is 22.3 Å². The second-order valence-electron chi connectivity index (χ2n) is 7.54. The van der Waals surface area contributed by atoms with Crippen molar-refractivity contribution in [2.45, 2.75) is 18.9 Å². The molecule has 2 N–H and O–H groups in total. The molecule has 0 saturated carbocycles. The van der Waals surface area contributed by atoms with Crippen LogP contribution in [-0.2, 0) is 18.3 Å². The van der Waals surface area contributed by atoms with E-state index in [-0.39, 0.29) is 24.0 Å². The van der Waals surface area contributed by atoms with Crippen LogP contribution < -0.4 is 5.32 Å². The lowest BCUT2D eigenvalue weighted by Crippen LogP contribution is -2.24. The van der Waals surface area contributed by atoms with E-state index in [4.69, 9.17) is 4.74 Å². The van der Waals surface area contributed by atoms with Crippen molar-refractivity contribution in [1.82, 2.24) is 35.0 Å². The Balaban J connectivity index is 1.36. The second-order valence-corrected chi connectivity index (χ2v) is 7.54. The van der Waals surface area contributed by atoms with Gasteiger partial charge in [0.2, 0.25) is 0 Å². The third kappa shape index (κ3) is 3.89. The van der Waals surface area contributed by atoms with E-state index in [9.17, 15) is 9.18 Å². The summed E-state index contributed by atoms with van der Waals surface area (Å²) in [5, 5.41) is 6.93. The summed E-state index contributed by atoms with van der Waals surface area (Å²) in [6, 6.07) is 4.66. The Morgan fingerprint density at radius 2 is 2.23 bits per heavy atom. The summed E-state index contributed by atoms with van der Waals surface area (Å²) >= 11 is 0. The topological polar surface area (TPSA) is 111 Å². The molecular formula is C21H20FN7O2. The Morgan fingerprint density at radius 3 is 3.00 bits per heavy atom. The molecule has 5 rings (SSSR count). The quantitative estimate of drug-likeness (QED) is 0.512. The van der Waals surface area contributed by atoms with Gasteiger partial charge in [0.1, 0.15) is 23.5 Å². The number of hydrogen-bond donors (Lipinski definition) is 2. The van der Waals surface area contributed by atoms with Gasteiger partial charge in [-0.3, -0.25) is 9.48 Å². The summed E-state index contributed by atoms with van der Waals surface area (Å²) in [6.45, 7) is 1.43. The highest BCUT2D eigenvalue weighted by Gasteiger charge is 2.23. The van der Waals surface area contributed by atoms with Crippen LogP contribution in [0, 0.1) is 5.82 Å². The number of aromatic nitrogens is 6. The number of aromatic amines is 1. The maximum Gasteiger partial charge on any atom is 0.272 e. The zero-order valence-corrected chi connectivity index (χ0v) is 16.8. The first kappa shape index (κ1) is 19.3. The molecule has 1 amide bonds. The van der Waals surface area contributed by atoms with Crippen LogP contribution in [0.15, 0.2) is 36.9 Å². The van der Waals surface area contributed by atoms with Gasteiger partial charge >= 0.3 is 0 Å². The van der Waals surface area contributed by atoms with Crippen molar-refractivity contribution in [3.05, 3.63) is 59.8 Å². The molecule has 10 heteroatoms. The summed E-state index contributed by atoms with van der Waals surface area (Å²) in [5.74, 6) is 0.126. The highest BCUT2D eigenvalue weighted by atomic mass is 19.1. The van der Waals surface area contributed by atoms with E-state index in [0.29, 0.717) is 35.5 Å². The Labute approximate surface area is 176 Å². The smallest absolute Gasteiger partial charge is 0.272 e. The van der Waals surface area contributed by atoms with Crippen molar-refractivity contribution < 1.29 is 13.9 Å². The molecule has 1 atom stereocenters. The van der Waals surface area contributed by atoms with Crippen molar-refractivity contribution in [3.63, 3.8) is 0 Å². The van der Waals surface area contributed by atoms with Gasteiger partial charge in [-0.1, -0.05) is 0 Å². The molecule has 0 radical (unpaired) electrons. The molecule has 0 spiro atoms. The zero-order chi connectivity index (χ0) is 21.4. The summed E-state index contributed by atoms with van der Waals surface area (Å²) < 4.78 is 21.2. The number of nitrogens with one attached hydrogen (secondary N) is 2. The number of carbonyl (C=O) groups excluding carboxylic acids is 1. The fraction of sp³-hybridized carbons (Fsp3) is 0.286. The highest BCUT2D eigenvalue weighted by molar-refractivity contribution is 6.02. The van der Waals surface area contributed by atoms with Crippen molar-refractivity contribution >= 4 is 17.1 Å². The highest BCUT2D eigenvalue weighted by Crippen LogP contribution is 2.25. The van der Waals surface area contributed by atoms with E-state index in [1.807, 2.05) is 6.07 Å². The van der Waals surface area contributed by atoms with Gasteiger partial charge in [0, 0.05) is 37.9 Å². The third-order valence-electron chi connectivity index (χ3n) is 5.29. The van der Waals surface area contributed by atoms with Crippen LogP contribution in [0.4, 0.5) is 4.39 Å². The lowest BCUT2D eigenvalue weighted by Gasteiger charge is -2.07. The number of imidazole rings is 1. The monoisotopic (exact) mass is 421 g/mol. The summed E-state index contributed by atoms with van der Waals surface area (Å²) in [6.07, 6.45) is 5.66. The van der Waals surface area contributed by atoms with Crippen molar-refractivity contribution in [2.24, 2.45) is 7.05 Å². The predicted octanol–water partition coefficient (Wildman–Crippen LogP) is 2.33. The Bertz CT molecular complexity index is 1260. The van der Waals surface area contributed by atoms with Gasteiger partial charge in [-0.05, 0) is 35.7 Å². The Hall–Kier alpha value is -3.66. The first-order chi connectivity index (χ1) is 15.1. The van der Waals surface area contributed by atoms with Crippen LogP contribution in [0.3, 0.4) is 0 Å². The minimum atomic E-state index is -0.391. The van der Waals surface area contributed by atoms with E-state index in [1.54, 1.807) is 24.1 Å². The number of hydrogen-bond acceptors (Lipinski definition) is 6. The maximum atomic E-state index is 14.1. The summed E-state index contributed by atoms with van der Waals surface area (Å²) in [4.78, 5) is 28.8. The number of benzene rings is 1. The van der Waals surface area contributed by atoms with Crippen LogP contribution >= 0.6 is 0 Å². The zero-order valence-electron chi connectivity index (χ0n) is 16.8. The fourth-order valence-electron chi connectivity index (χ4n) is 3.72. The molecule has 1 saturated heterocycles. The van der Waals surface area contributed by atoms with E-state index in [0.717, 1.165) is 17.8 Å². The average molecular weight is 421 g/mol. The lowest BCUT2D eigenvalue weighted by molar-refractivity contribution is 0.0947. The molecule has 0 bridgehead atoms. The molecule has 1 unspecified atom stereocenters. The number of ether oxygens (including phenoxy) is 1. The normalized spacial score (nSPS) is 16.1. The average Bonchev–Trinajstić information content (AvgIpc) is 3.51. The lowest BCUT2D eigenvalue weighted by atomic mass is 10.1. The molecule has 3 aromatic heterocycles. The van der Waals surface area contributed by atoms with E-state index in [1.165, 1.54) is 18.5 Å². The standard InChI is InChI=1S/C21H20FN7O2/c1-29-9-15(8-26-29)14-4-12(5-16(22)6-14)7-23-21(30)18-17-20(25-11-24-18)28-19(27-17)13-2-3-31-10-13/h4-6,8-9,11,13H,2-3,7,10H2,1H3,(H,23,30)(H,24,25,27,28). The first-order valence-corrected chi connectivity index (χ1v) is 9.92. The van der Waals surface area contributed by atoms with Gasteiger partial charge in [0.25, 0.3) is 5.91 Å². The van der Waals surface area contributed by atoms with Crippen molar-refractivity contribution in [1.29, 1.82) is 0 Å². The molecular weight excluding hydrogens is 401 g/mol. The number of rotatable bonds is 5. The van der Waals surface area contributed by atoms with E-state index >= 15 is 0 Å². The molecule has 4 aromatic rings. The second kappa shape index (κ2) is 7.88. The minimum absolute atomic E-state index is 0.146. The van der Waals surface area contributed by atoms with Gasteiger partial charge < -0.3 is 15.0 Å². The van der Waals surface area contributed by atoms with Crippen LogP contribution in [0.2, 0.25) is 0 Å². The van der Waals surface area contributed by atoms with Gasteiger partial charge in [0.15, 0.2) is 11.3 Å². The van der Waals surface area contributed by atoms with Crippen LogP contribution in [0.5, 0.6) is 0 Å². The molecule has 1 aromatic carbocycles. The Morgan fingerprint density at radius 1 is 1.32 bits per heavy atom. The molecule has 4 heterocycles. The molecule has 31 heavy (non-hydrogen) atoms. The molecule has 158 valence electrons. The van der Waals surface area contributed by atoms with Gasteiger partial charge in [-0.2, -0.15) is 5.10 Å². The third-order valence-corrected chi connectivity index (χ3v) is 5.29. The maximum absolute atomic E-state index is 14.1. The largest absolute Gasteiger partial charge is 0.381 e. The molecule has 1 aliphatic heterocycles. The fourth-order valence-corrected chi connectivity index (χ4v) is 3.72. The molecule has 0 aliphatic carbocycles. The predicted molar refractivity (Wildman–Crippen MR) is 110 cm³/mol. The van der Waals surface area contributed by atoms with Crippen molar-refractivity contribution in [2.75, 3.05) is 13.2 Å².